The van der Waals surface area contributed by atoms with Crippen molar-refractivity contribution in [3.8, 4) is 22.5 Å². The number of nitrogen functional groups attached to an aromatic ring is 1. The number of ether oxygens (including phenoxy) is 2. The van der Waals surface area contributed by atoms with Crippen molar-refractivity contribution in [2.24, 2.45) is 4.99 Å². The lowest BCUT2D eigenvalue weighted by atomic mass is 9.90. The van der Waals surface area contributed by atoms with Gasteiger partial charge in [-0.2, -0.15) is 30.4 Å². The lowest BCUT2D eigenvalue weighted by molar-refractivity contribution is -0.121. The molecule has 0 saturated carbocycles. The fourth-order valence-corrected chi connectivity index (χ4v) is 13.1. The number of anilines is 2. The molecule has 0 bridgehead atoms. The van der Waals surface area contributed by atoms with E-state index in [1.165, 1.54) is 54.4 Å². The van der Waals surface area contributed by atoms with Crippen molar-refractivity contribution in [3.63, 3.8) is 0 Å². The number of hydrogen-bond donors (Lipinski definition) is 12. The number of aromatic nitrogens is 4. The zero-order chi connectivity index (χ0) is 59.6. The lowest BCUT2D eigenvalue weighted by Gasteiger charge is -2.23. The minimum Gasteiger partial charge on any atom is -0.453 e. The molecule has 2 aromatic heterocycles. The molecule has 2 aromatic carbocycles. The van der Waals surface area contributed by atoms with Gasteiger partial charge in [0.2, 0.25) is 11.9 Å². The summed E-state index contributed by atoms with van der Waals surface area (Å²) in [5.74, 6) is -2.08. The van der Waals surface area contributed by atoms with Crippen molar-refractivity contribution in [1.82, 2.24) is 35.1 Å². The summed E-state index contributed by atoms with van der Waals surface area (Å²) in [6, 6.07) is 11.6. The van der Waals surface area contributed by atoms with Gasteiger partial charge in [-0.15, -0.1) is 0 Å². The minimum atomic E-state index is -5.94. The van der Waals surface area contributed by atoms with E-state index in [1.54, 1.807) is 19.9 Å². The topological polar surface area (TPSA) is 513 Å². The van der Waals surface area contributed by atoms with Crippen LogP contribution in [0, 0.1) is 0 Å². The van der Waals surface area contributed by atoms with Crippen molar-refractivity contribution in [1.29, 1.82) is 0 Å². The zero-order valence-corrected chi connectivity index (χ0v) is 46.5. The molecule has 13 N–H and O–H groups in total. The number of aliphatic hydroxyl groups is 1. The third-order valence-electron chi connectivity index (χ3n) is 11.6. The average Bonchev–Trinajstić information content (AvgIpc) is 3.89. The summed E-state index contributed by atoms with van der Waals surface area (Å²) >= 11 is 0. The number of carbonyl (C=O) groups is 3. The maximum atomic E-state index is 14.3. The van der Waals surface area contributed by atoms with Gasteiger partial charge in [-0.25, -0.2) is 23.5 Å². The Hall–Kier alpha value is -6.56. The van der Waals surface area contributed by atoms with Gasteiger partial charge >= 0.3 is 29.6 Å². The maximum Gasteiger partial charge on any atom is 0.490 e. The molecule has 1 aliphatic carbocycles. The lowest BCUT2D eigenvalue weighted by Crippen LogP contribution is -2.41. The highest BCUT2D eigenvalue weighted by Gasteiger charge is 2.50. The van der Waals surface area contributed by atoms with Crippen LogP contribution in [0.1, 0.15) is 43.3 Å². The number of H-pyrrole nitrogens is 1. The van der Waals surface area contributed by atoms with E-state index in [0.717, 1.165) is 10.9 Å². The van der Waals surface area contributed by atoms with Gasteiger partial charge in [0.1, 0.15) is 12.2 Å². The summed E-state index contributed by atoms with van der Waals surface area (Å²) in [4.78, 5) is 104. The first-order valence-electron chi connectivity index (χ1n) is 23.5. The highest BCUT2D eigenvalue weighted by molar-refractivity contribution is 7.86. The largest absolute Gasteiger partial charge is 0.490 e. The van der Waals surface area contributed by atoms with Crippen LogP contribution < -0.4 is 32.6 Å². The van der Waals surface area contributed by atoms with Crippen LogP contribution in [0.3, 0.4) is 0 Å². The van der Waals surface area contributed by atoms with Gasteiger partial charge < -0.3 is 65.2 Å². The van der Waals surface area contributed by atoms with E-state index in [2.05, 4.69) is 49.0 Å². The Morgan fingerprint density at radius 1 is 0.926 bits per heavy atom. The van der Waals surface area contributed by atoms with Gasteiger partial charge in [0.05, 0.1) is 24.0 Å². The van der Waals surface area contributed by atoms with Crippen LogP contribution in [-0.2, 0) is 61.3 Å². The summed E-state index contributed by atoms with van der Waals surface area (Å²) in [6.07, 6.45) is -7.59. The number of phosphoric acid groups is 3. The van der Waals surface area contributed by atoms with Crippen LogP contribution in [0.5, 0.6) is 0 Å². The summed E-state index contributed by atoms with van der Waals surface area (Å²) in [5, 5.41) is 18.7. The Morgan fingerprint density at radius 2 is 1.62 bits per heavy atom. The predicted molar refractivity (Wildman–Crippen MR) is 278 cm³/mol. The van der Waals surface area contributed by atoms with Gasteiger partial charge in [-0.3, -0.25) is 42.6 Å². The number of hydrogen-bond acceptors (Lipinski definition) is 23. The number of imidazole rings is 1. The number of benzene rings is 3. The Morgan fingerprint density at radius 3 is 2.28 bits per heavy atom. The van der Waals surface area contributed by atoms with Gasteiger partial charge in [-0.05, 0) is 56.2 Å². The van der Waals surface area contributed by atoms with Crippen LogP contribution in [0.15, 0.2) is 78.9 Å². The molecule has 81 heavy (non-hydrogen) atoms. The third kappa shape index (κ3) is 14.6. The second-order valence-electron chi connectivity index (χ2n) is 17.3. The summed E-state index contributed by atoms with van der Waals surface area (Å²) in [7, 11) is -26.3. The highest BCUT2D eigenvalue weighted by Crippen LogP contribution is 2.66. The Bertz CT molecular complexity index is 3910. The van der Waals surface area contributed by atoms with Crippen molar-refractivity contribution in [3.05, 3.63) is 76.1 Å². The number of alkyl carbamates (subject to hydrolysis) is 1. The van der Waals surface area contributed by atoms with Gasteiger partial charge in [0.15, 0.2) is 44.6 Å². The number of nitrogens with one attached hydrogen (secondary N) is 4. The number of phosphoric ester groups is 1. The Balaban J connectivity index is 1.01. The number of aliphatic hydroxyl groups excluding tert-OH is 1. The summed E-state index contributed by atoms with van der Waals surface area (Å²) < 4.78 is 139. The molecule has 440 valence electrons. The number of fused-ring (bicyclic) bond motifs is 3. The SMILES string of the molecule is CCN=c1ccc2c(-c3ccccc3C(=O)N(C)CCCC(=O)NCCNC(=O)O[C@@H]3[C@H](O)[C@@H](COP(=O)(O)OP(=O)(O)OP(=O)(O)O)O[C@H]3n3cnc4c(=O)[nH]c(N)nc43)c3ccc(NCC)c(S(=O)(=O)O)c3oc-2c1S(=O)(=O)O. The molecule has 3 aliphatic rings. The summed E-state index contributed by atoms with van der Waals surface area (Å²) in [6.45, 7) is 1.76. The van der Waals surface area contributed by atoms with Gasteiger partial charge in [0, 0.05) is 68.3 Å². The molecule has 39 heteroatoms. The number of carbonyl (C=O) groups excluding carboxylic acids is 3. The summed E-state index contributed by atoms with van der Waals surface area (Å²) in [5.41, 5.74) is 3.94. The molecule has 4 heterocycles. The van der Waals surface area contributed by atoms with E-state index in [1.807, 2.05) is 0 Å². The molecular formula is C42H51N10O24P3S2. The standard InChI is InChI=1S/C42H51N10O24P3S2/c1-4-44-25-14-12-23-29(24-13-15-26(45-5-2)36(81(68,69)70)33(24)73-32(23)35(25)80(65,66)67)21-9-6-7-10-22(21)39(56)51(3)18-8-11-28(53)46-16-17-47-42(57)74-34-31(54)27(19-71-78(61,62)76-79(63,64)75-77(58,59)60)72-40(34)52-20-48-30-37(52)49-41(43)50-38(30)55/h6-7,9-10,12-15,20,27,31,34,40,44,54H,4-5,8,11,16-19H2,1-3H3,(H,46,53)(H,47,57)(H,61,62)(H,63,64)(H2,58,59,60)(H,65,66,67)(H,68,69,70)(H3,43,49,50,55)/t27-,31-,34-,40-/m1/s1. The molecule has 4 aromatic rings. The average molecular weight is 1240 g/mol. The second-order valence-corrected chi connectivity index (χ2v) is 24.4. The number of amides is 3. The molecule has 1 saturated heterocycles. The first-order chi connectivity index (χ1) is 37.8. The molecule has 6 atom stereocenters. The highest BCUT2D eigenvalue weighted by atomic mass is 32.2. The quantitative estimate of drug-likeness (QED) is 0.0187. The minimum absolute atomic E-state index is 0.00666. The van der Waals surface area contributed by atoms with E-state index in [0.29, 0.717) is 0 Å². The van der Waals surface area contributed by atoms with Crippen molar-refractivity contribution in [2.75, 3.05) is 57.4 Å². The molecule has 2 unspecified atom stereocenters. The Kier molecular flexibility index (Phi) is 18.8. The monoisotopic (exact) mass is 1240 g/mol. The van der Waals surface area contributed by atoms with Gasteiger partial charge in [0.25, 0.3) is 31.7 Å². The van der Waals surface area contributed by atoms with E-state index in [-0.39, 0.29) is 95.4 Å². The molecule has 2 aliphatic heterocycles. The molecule has 34 nitrogen and oxygen atoms in total. The van der Waals surface area contributed by atoms with E-state index in [4.69, 9.17) is 29.4 Å². The molecular weight excluding hydrogens is 1190 g/mol. The zero-order valence-electron chi connectivity index (χ0n) is 42.2. The van der Waals surface area contributed by atoms with Crippen LogP contribution in [-0.4, -0.2) is 158 Å². The second kappa shape index (κ2) is 24.5. The first-order valence-corrected chi connectivity index (χ1v) is 30.9. The Labute approximate surface area is 456 Å². The molecule has 3 amide bonds. The fraction of sp³-hybridized carbons (Fsp3) is 0.357. The first kappa shape index (κ1) is 62.0. The van der Waals surface area contributed by atoms with Crippen LogP contribution in [0.4, 0.5) is 16.4 Å². The van der Waals surface area contributed by atoms with Crippen LogP contribution in [0.25, 0.3) is 44.6 Å². The molecule has 7 rings (SSSR count). The molecule has 1 fully saturated rings. The van der Waals surface area contributed by atoms with Crippen LogP contribution in [0.2, 0.25) is 0 Å². The maximum absolute atomic E-state index is 14.3. The van der Waals surface area contributed by atoms with Crippen molar-refractivity contribution < 1.29 is 106 Å². The van der Waals surface area contributed by atoms with Crippen molar-refractivity contribution in [2.45, 2.75) is 61.0 Å². The van der Waals surface area contributed by atoms with Crippen LogP contribution >= 0.6 is 23.5 Å². The van der Waals surface area contributed by atoms with E-state index in [9.17, 15) is 73.7 Å². The van der Waals surface area contributed by atoms with Gasteiger partial charge in [-0.1, -0.05) is 18.2 Å². The van der Waals surface area contributed by atoms with E-state index < -0.39 is 125 Å². The number of aromatic amines is 1. The molecule has 0 radical (unpaired) electrons. The smallest absolute Gasteiger partial charge is 0.453 e. The molecule has 0 spiro atoms. The fourth-order valence-electron chi connectivity index (χ4n) is 8.48. The number of nitrogens with two attached hydrogens (primary N) is 1. The predicted octanol–water partition coefficient (Wildman–Crippen LogP) is 1.43. The van der Waals surface area contributed by atoms with Crippen molar-refractivity contribution >= 4 is 95.4 Å². The van der Waals surface area contributed by atoms with E-state index >= 15 is 0 Å². The third-order valence-corrected chi connectivity index (χ3v) is 17.3. The number of rotatable bonds is 23. The normalized spacial score (nSPS) is 18.6. The number of nitrogens with zero attached hydrogens (tertiary/aromatic N) is 5.